The van der Waals surface area contributed by atoms with E-state index >= 15 is 0 Å². The molecule has 106 valence electrons. The first-order chi connectivity index (χ1) is 8.88. The molecule has 0 aromatic carbocycles. The average molecular weight is 267 g/mol. The molecule has 0 saturated carbocycles. The predicted octanol–water partition coefficient (Wildman–Crippen LogP) is 2.51. The van der Waals surface area contributed by atoms with Gasteiger partial charge in [-0.1, -0.05) is 13.8 Å². The van der Waals surface area contributed by atoms with Crippen molar-refractivity contribution in [2.75, 3.05) is 0 Å². The van der Waals surface area contributed by atoms with E-state index in [0.29, 0.717) is 11.7 Å². The average Bonchev–Trinajstić information content (AvgIpc) is 2.73. The molecule has 1 amide bonds. The Kier molecular flexibility index (Phi) is 5.60. The molecule has 1 heterocycles. The van der Waals surface area contributed by atoms with E-state index in [0.717, 1.165) is 6.42 Å². The Bertz CT molecular complexity index is 436. The maximum Gasteiger partial charge on any atom is 0.374 e. The summed E-state index contributed by atoms with van der Waals surface area (Å²) in [5.41, 5.74) is 0. The molecule has 5 heteroatoms. The summed E-state index contributed by atoms with van der Waals surface area (Å²) < 4.78 is 10.6. The molecule has 0 aliphatic rings. The number of carbonyl (C=O) groups is 2. The topological polar surface area (TPSA) is 68.5 Å². The second kappa shape index (κ2) is 6.97. The van der Waals surface area contributed by atoms with Gasteiger partial charge in [-0.15, -0.1) is 0 Å². The molecular formula is C14H21NO4. The maximum absolute atomic E-state index is 11.8. The molecule has 1 atom stereocenters. The van der Waals surface area contributed by atoms with Crippen LogP contribution in [-0.4, -0.2) is 18.0 Å². The predicted molar refractivity (Wildman–Crippen MR) is 70.6 cm³/mol. The molecule has 0 bridgehead atoms. The molecule has 0 aliphatic heterocycles. The van der Waals surface area contributed by atoms with Gasteiger partial charge in [-0.05, 0) is 31.4 Å². The number of ether oxygens (including phenoxy) is 1. The van der Waals surface area contributed by atoms with Gasteiger partial charge in [-0.3, -0.25) is 4.79 Å². The first-order valence-electron chi connectivity index (χ1n) is 6.42. The number of hydrogen-bond acceptors (Lipinski definition) is 4. The zero-order valence-corrected chi connectivity index (χ0v) is 11.9. The Balaban J connectivity index is 2.51. The third kappa shape index (κ3) is 5.59. The van der Waals surface area contributed by atoms with Crippen LogP contribution >= 0.6 is 0 Å². The highest BCUT2D eigenvalue weighted by Gasteiger charge is 2.16. The summed E-state index contributed by atoms with van der Waals surface area (Å²) in [6, 6.07) is 3.21. The summed E-state index contributed by atoms with van der Waals surface area (Å²) in [7, 11) is 0. The van der Waals surface area contributed by atoms with Gasteiger partial charge >= 0.3 is 5.97 Å². The molecule has 0 unspecified atom stereocenters. The van der Waals surface area contributed by atoms with Crippen molar-refractivity contribution in [2.24, 2.45) is 5.92 Å². The van der Waals surface area contributed by atoms with Crippen LogP contribution in [0.25, 0.3) is 0 Å². The number of amides is 1. The molecule has 0 spiro atoms. The smallest absolute Gasteiger partial charge is 0.374 e. The van der Waals surface area contributed by atoms with Crippen LogP contribution in [-0.2, 0) is 16.1 Å². The summed E-state index contributed by atoms with van der Waals surface area (Å²) in [4.78, 5) is 22.5. The van der Waals surface area contributed by atoms with Crippen LogP contribution in [0.15, 0.2) is 16.5 Å². The molecule has 1 N–H and O–H groups in total. The highest BCUT2D eigenvalue weighted by molar-refractivity contribution is 5.86. The van der Waals surface area contributed by atoms with Crippen LogP contribution < -0.4 is 5.32 Å². The van der Waals surface area contributed by atoms with Gasteiger partial charge in [-0.2, -0.15) is 0 Å². The molecule has 1 aromatic rings. The molecule has 5 nitrogen and oxygen atoms in total. The molecule has 0 fully saturated rings. The Labute approximate surface area is 113 Å². The number of nitrogens with one attached hydrogen (secondary N) is 1. The van der Waals surface area contributed by atoms with Gasteiger partial charge in [0.2, 0.25) is 11.7 Å². The molecule has 0 saturated heterocycles. The minimum atomic E-state index is -0.470. The van der Waals surface area contributed by atoms with Crippen molar-refractivity contribution in [1.82, 2.24) is 5.32 Å². The fraction of sp³-hybridized carbons (Fsp3) is 0.571. The van der Waals surface area contributed by atoms with Crippen molar-refractivity contribution in [3.05, 3.63) is 23.7 Å². The molecule has 0 radical (unpaired) electrons. The summed E-state index contributed by atoms with van der Waals surface area (Å²) in [5, 5.41) is 2.60. The lowest BCUT2D eigenvalue weighted by atomic mass is 10.1. The third-order valence-electron chi connectivity index (χ3n) is 2.49. The quantitative estimate of drug-likeness (QED) is 0.804. The minimum Gasteiger partial charge on any atom is -0.457 e. The van der Waals surface area contributed by atoms with E-state index in [1.54, 1.807) is 12.1 Å². The minimum absolute atomic E-state index is 0.142. The Morgan fingerprint density at radius 3 is 2.58 bits per heavy atom. The first-order valence-corrected chi connectivity index (χ1v) is 6.42. The van der Waals surface area contributed by atoms with Gasteiger partial charge < -0.3 is 14.5 Å². The van der Waals surface area contributed by atoms with Crippen LogP contribution in [0.1, 0.15) is 50.4 Å². The van der Waals surface area contributed by atoms with Gasteiger partial charge in [-0.25, -0.2) is 4.79 Å². The standard InChI is InChI=1S/C14H21NO4/c1-9(2)7-10(3)18-14(17)13-6-5-12(19-13)8-15-11(4)16/h5-6,9-10H,7-8H2,1-4H3,(H,15,16)/t10-/m1/s1. The lowest BCUT2D eigenvalue weighted by Gasteiger charge is -2.14. The first kappa shape index (κ1) is 15.3. The van der Waals surface area contributed by atoms with E-state index in [1.165, 1.54) is 6.92 Å². The lowest BCUT2D eigenvalue weighted by Crippen LogP contribution is -2.18. The van der Waals surface area contributed by atoms with Crippen molar-refractivity contribution < 1.29 is 18.7 Å². The summed E-state index contributed by atoms with van der Waals surface area (Å²) >= 11 is 0. The van der Waals surface area contributed by atoms with E-state index in [1.807, 2.05) is 6.92 Å². The van der Waals surface area contributed by atoms with E-state index in [2.05, 4.69) is 19.2 Å². The van der Waals surface area contributed by atoms with Gasteiger partial charge in [0.25, 0.3) is 0 Å². The van der Waals surface area contributed by atoms with Crippen molar-refractivity contribution in [2.45, 2.75) is 46.8 Å². The van der Waals surface area contributed by atoms with E-state index in [-0.39, 0.29) is 24.3 Å². The largest absolute Gasteiger partial charge is 0.457 e. The van der Waals surface area contributed by atoms with Crippen LogP contribution in [0.2, 0.25) is 0 Å². The zero-order valence-electron chi connectivity index (χ0n) is 11.9. The maximum atomic E-state index is 11.8. The van der Waals surface area contributed by atoms with Gasteiger partial charge in [0.15, 0.2) is 0 Å². The van der Waals surface area contributed by atoms with Crippen molar-refractivity contribution >= 4 is 11.9 Å². The Hall–Kier alpha value is -1.78. The Morgan fingerprint density at radius 2 is 2.00 bits per heavy atom. The fourth-order valence-electron chi connectivity index (χ4n) is 1.75. The molecule has 0 aliphatic carbocycles. The second-order valence-corrected chi connectivity index (χ2v) is 5.02. The Morgan fingerprint density at radius 1 is 1.32 bits per heavy atom. The van der Waals surface area contributed by atoms with Crippen LogP contribution in [0.3, 0.4) is 0 Å². The molecule has 19 heavy (non-hydrogen) atoms. The van der Waals surface area contributed by atoms with Crippen LogP contribution in [0.4, 0.5) is 0 Å². The van der Waals surface area contributed by atoms with E-state index in [9.17, 15) is 9.59 Å². The molecule has 1 rings (SSSR count). The third-order valence-corrected chi connectivity index (χ3v) is 2.49. The van der Waals surface area contributed by atoms with E-state index in [4.69, 9.17) is 9.15 Å². The monoisotopic (exact) mass is 267 g/mol. The molecule has 1 aromatic heterocycles. The van der Waals surface area contributed by atoms with Gasteiger partial charge in [0.05, 0.1) is 12.6 Å². The van der Waals surface area contributed by atoms with Crippen molar-refractivity contribution in [1.29, 1.82) is 0 Å². The van der Waals surface area contributed by atoms with E-state index < -0.39 is 5.97 Å². The SMILES string of the molecule is CC(=O)NCc1ccc(C(=O)O[C@H](C)CC(C)C)o1. The highest BCUT2D eigenvalue weighted by atomic mass is 16.6. The number of carbonyl (C=O) groups excluding carboxylic acids is 2. The summed E-state index contributed by atoms with van der Waals surface area (Å²) in [6.45, 7) is 7.69. The van der Waals surface area contributed by atoms with Crippen LogP contribution in [0.5, 0.6) is 0 Å². The number of esters is 1. The number of rotatable bonds is 6. The molecular weight excluding hydrogens is 246 g/mol. The lowest BCUT2D eigenvalue weighted by molar-refractivity contribution is -0.119. The normalized spacial score (nSPS) is 12.3. The van der Waals surface area contributed by atoms with Gasteiger partial charge in [0, 0.05) is 6.92 Å². The highest BCUT2D eigenvalue weighted by Crippen LogP contribution is 2.13. The fourth-order valence-corrected chi connectivity index (χ4v) is 1.75. The zero-order chi connectivity index (χ0) is 14.4. The van der Waals surface area contributed by atoms with Crippen molar-refractivity contribution in [3.63, 3.8) is 0 Å². The number of hydrogen-bond donors (Lipinski definition) is 1. The van der Waals surface area contributed by atoms with Crippen LogP contribution in [0, 0.1) is 5.92 Å². The second-order valence-electron chi connectivity index (χ2n) is 5.02. The summed E-state index contributed by atoms with van der Waals surface area (Å²) in [5.74, 6) is 0.539. The number of furan rings is 1. The van der Waals surface area contributed by atoms with Crippen molar-refractivity contribution in [3.8, 4) is 0 Å². The van der Waals surface area contributed by atoms with Gasteiger partial charge in [0.1, 0.15) is 5.76 Å². The summed E-state index contributed by atoms with van der Waals surface area (Å²) in [6.07, 6.45) is 0.668.